The smallest absolute Gasteiger partial charge is 0.123 e. The lowest BCUT2D eigenvalue weighted by molar-refractivity contribution is 0.414. The Bertz CT molecular complexity index is 946. The Morgan fingerprint density at radius 3 is 2.48 bits per heavy atom. The number of pyridine rings is 1. The van der Waals surface area contributed by atoms with Crippen LogP contribution in [0.4, 0.5) is 5.69 Å². The number of nitrogens with zero attached hydrogens (tertiary/aromatic N) is 3. The largest absolute Gasteiger partial charge is 0.497 e. The highest BCUT2D eigenvalue weighted by Gasteiger charge is 2.16. The molecule has 5 heteroatoms. The van der Waals surface area contributed by atoms with Crippen LogP contribution >= 0.6 is 0 Å². The van der Waals surface area contributed by atoms with Gasteiger partial charge >= 0.3 is 0 Å². The standard InChI is InChI=1S/C22H20N4O/c1-27-20-15-18(14-19(16-20)26-13-7-12-24-26)25-22(17-8-3-2-4-9-17)21-10-5-6-11-23-21/h2-16,22,25H,1H3/t22-/m0/s1. The molecule has 0 spiro atoms. The molecule has 0 fully saturated rings. The van der Waals surface area contributed by atoms with E-state index in [0.29, 0.717) is 0 Å². The Kier molecular flexibility index (Phi) is 4.83. The summed E-state index contributed by atoms with van der Waals surface area (Å²) in [7, 11) is 1.67. The highest BCUT2D eigenvalue weighted by molar-refractivity contribution is 5.58. The van der Waals surface area contributed by atoms with Gasteiger partial charge in [0.25, 0.3) is 0 Å². The highest BCUT2D eigenvalue weighted by atomic mass is 16.5. The summed E-state index contributed by atoms with van der Waals surface area (Å²) in [6.45, 7) is 0. The van der Waals surface area contributed by atoms with Gasteiger partial charge in [0.2, 0.25) is 0 Å². The van der Waals surface area contributed by atoms with Gasteiger partial charge in [-0.25, -0.2) is 4.68 Å². The van der Waals surface area contributed by atoms with E-state index in [1.54, 1.807) is 13.3 Å². The fraction of sp³-hybridized carbons (Fsp3) is 0.0909. The summed E-state index contributed by atoms with van der Waals surface area (Å²) in [4.78, 5) is 4.56. The zero-order valence-electron chi connectivity index (χ0n) is 15.0. The molecule has 0 saturated heterocycles. The lowest BCUT2D eigenvalue weighted by Gasteiger charge is -2.21. The lowest BCUT2D eigenvalue weighted by atomic mass is 10.0. The van der Waals surface area contributed by atoms with E-state index in [0.717, 1.165) is 28.4 Å². The van der Waals surface area contributed by atoms with Crippen molar-refractivity contribution in [1.82, 2.24) is 14.8 Å². The summed E-state index contributed by atoms with van der Waals surface area (Å²) in [5.41, 5.74) is 3.95. The molecule has 2 aromatic carbocycles. The average molecular weight is 356 g/mol. The number of ether oxygens (including phenoxy) is 1. The first-order chi connectivity index (χ1) is 13.3. The molecule has 5 nitrogen and oxygen atoms in total. The summed E-state index contributed by atoms with van der Waals surface area (Å²) in [5, 5.41) is 7.92. The molecule has 0 amide bonds. The van der Waals surface area contributed by atoms with Gasteiger partial charge in [-0.15, -0.1) is 0 Å². The maximum Gasteiger partial charge on any atom is 0.123 e. The summed E-state index contributed by atoms with van der Waals surface area (Å²) in [6.07, 6.45) is 5.48. The van der Waals surface area contributed by atoms with Crippen molar-refractivity contribution in [2.75, 3.05) is 12.4 Å². The molecule has 0 saturated carbocycles. The van der Waals surface area contributed by atoms with Gasteiger partial charge in [-0.2, -0.15) is 5.10 Å². The Balaban J connectivity index is 1.74. The van der Waals surface area contributed by atoms with Gasteiger partial charge in [-0.3, -0.25) is 4.98 Å². The van der Waals surface area contributed by atoms with Crippen molar-refractivity contribution in [1.29, 1.82) is 0 Å². The van der Waals surface area contributed by atoms with Crippen LogP contribution in [0.25, 0.3) is 5.69 Å². The number of benzene rings is 2. The molecule has 4 rings (SSSR count). The van der Waals surface area contributed by atoms with Crippen molar-refractivity contribution in [2.24, 2.45) is 0 Å². The van der Waals surface area contributed by atoms with Gasteiger partial charge in [-0.05, 0) is 29.8 Å². The van der Waals surface area contributed by atoms with Crippen LogP contribution in [0.3, 0.4) is 0 Å². The number of nitrogens with one attached hydrogen (secondary N) is 1. The van der Waals surface area contributed by atoms with Crippen LogP contribution in [0, 0.1) is 0 Å². The zero-order valence-corrected chi connectivity index (χ0v) is 15.0. The molecule has 27 heavy (non-hydrogen) atoms. The molecule has 2 heterocycles. The van der Waals surface area contributed by atoms with E-state index in [-0.39, 0.29) is 6.04 Å². The molecule has 134 valence electrons. The molecule has 0 aliphatic carbocycles. The van der Waals surface area contributed by atoms with Gasteiger partial charge in [0.1, 0.15) is 5.75 Å². The third-order valence-electron chi connectivity index (χ3n) is 4.32. The van der Waals surface area contributed by atoms with E-state index in [9.17, 15) is 0 Å². The van der Waals surface area contributed by atoms with Crippen LogP contribution in [0.2, 0.25) is 0 Å². The average Bonchev–Trinajstić information content (AvgIpc) is 3.28. The van der Waals surface area contributed by atoms with Crippen molar-refractivity contribution in [3.05, 3.63) is 103 Å². The minimum Gasteiger partial charge on any atom is -0.497 e. The Hall–Kier alpha value is -3.60. The van der Waals surface area contributed by atoms with E-state index in [1.165, 1.54) is 0 Å². The summed E-state index contributed by atoms with van der Waals surface area (Å²) < 4.78 is 7.30. The van der Waals surface area contributed by atoms with Gasteiger partial charge in [0, 0.05) is 36.4 Å². The number of hydrogen-bond acceptors (Lipinski definition) is 4. The monoisotopic (exact) mass is 356 g/mol. The second-order valence-electron chi connectivity index (χ2n) is 6.11. The topological polar surface area (TPSA) is 52.0 Å². The number of aromatic nitrogens is 3. The number of anilines is 1. The molecular weight excluding hydrogens is 336 g/mol. The zero-order chi connectivity index (χ0) is 18.5. The molecule has 0 bridgehead atoms. The molecule has 0 radical (unpaired) electrons. The summed E-state index contributed by atoms with van der Waals surface area (Å²) in [6, 6.07) is 24.0. The molecule has 4 aromatic rings. The van der Waals surface area contributed by atoms with Gasteiger partial charge in [0.15, 0.2) is 0 Å². The van der Waals surface area contributed by atoms with Crippen LogP contribution in [0.5, 0.6) is 5.75 Å². The summed E-state index contributed by atoms with van der Waals surface area (Å²) in [5.74, 6) is 0.762. The Morgan fingerprint density at radius 2 is 1.78 bits per heavy atom. The second kappa shape index (κ2) is 7.74. The van der Waals surface area contributed by atoms with E-state index in [1.807, 2.05) is 71.7 Å². The van der Waals surface area contributed by atoms with Crippen LogP contribution in [-0.2, 0) is 0 Å². The molecule has 0 unspecified atom stereocenters. The first kappa shape index (κ1) is 16.8. The van der Waals surface area contributed by atoms with Crippen LogP contribution < -0.4 is 10.1 Å². The Labute approximate surface area is 158 Å². The van der Waals surface area contributed by atoms with Gasteiger partial charge in [0.05, 0.1) is 24.5 Å². The first-order valence-corrected chi connectivity index (χ1v) is 8.75. The molecule has 1 N–H and O–H groups in total. The van der Waals surface area contributed by atoms with Crippen LogP contribution in [0.1, 0.15) is 17.3 Å². The fourth-order valence-electron chi connectivity index (χ4n) is 3.03. The molecule has 1 atom stereocenters. The van der Waals surface area contributed by atoms with Crippen LogP contribution in [-0.4, -0.2) is 21.9 Å². The molecular formula is C22H20N4O. The number of rotatable bonds is 6. The number of methoxy groups -OCH3 is 1. The highest BCUT2D eigenvalue weighted by Crippen LogP contribution is 2.29. The van der Waals surface area contributed by atoms with Crippen molar-refractivity contribution in [3.8, 4) is 11.4 Å². The van der Waals surface area contributed by atoms with Gasteiger partial charge < -0.3 is 10.1 Å². The van der Waals surface area contributed by atoms with Crippen molar-refractivity contribution < 1.29 is 4.74 Å². The third-order valence-corrected chi connectivity index (χ3v) is 4.32. The van der Waals surface area contributed by atoms with Gasteiger partial charge in [-0.1, -0.05) is 36.4 Å². The van der Waals surface area contributed by atoms with E-state index >= 15 is 0 Å². The fourth-order valence-corrected chi connectivity index (χ4v) is 3.03. The predicted molar refractivity (Wildman–Crippen MR) is 106 cm³/mol. The molecule has 0 aliphatic rings. The normalized spacial score (nSPS) is 11.7. The van der Waals surface area contributed by atoms with E-state index in [2.05, 4.69) is 33.6 Å². The predicted octanol–water partition coefficient (Wildman–Crippen LogP) is 4.48. The minimum atomic E-state index is -0.0787. The van der Waals surface area contributed by atoms with E-state index in [4.69, 9.17) is 4.74 Å². The lowest BCUT2D eigenvalue weighted by Crippen LogP contribution is -2.14. The van der Waals surface area contributed by atoms with Crippen LogP contribution in [0.15, 0.2) is 91.4 Å². The summed E-state index contributed by atoms with van der Waals surface area (Å²) >= 11 is 0. The maximum absolute atomic E-state index is 5.49. The quantitative estimate of drug-likeness (QED) is 0.553. The number of hydrogen-bond donors (Lipinski definition) is 1. The third kappa shape index (κ3) is 3.82. The Morgan fingerprint density at radius 1 is 0.926 bits per heavy atom. The minimum absolute atomic E-state index is 0.0787. The first-order valence-electron chi connectivity index (χ1n) is 8.75. The maximum atomic E-state index is 5.49. The van der Waals surface area contributed by atoms with Crippen molar-refractivity contribution in [3.63, 3.8) is 0 Å². The molecule has 2 aromatic heterocycles. The SMILES string of the molecule is COc1cc(N[C@@H](c2ccccc2)c2ccccn2)cc(-n2cccn2)c1. The van der Waals surface area contributed by atoms with E-state index < -0.39 is 0 Å². The molecule has 0 aliphatic heterocycles. The van der Waals surface area contributed by atoms with Crippen molar-refractivity contribution >= 4 is 5.69 Å². The second-order valence-corrected chi connectivity index (χ2v) is 6.11. The van der Waals surface area contributed by atoms with Crippen molar-refractivity contribution in [2.45, 2.75) is 6.04 Å².